The van der Waals surface area contributed by atoms with Gasteiger partial charge in [-0.15, -0.1) is 0 Å². The Hall–Kier alpha value is -1.30. The van der Waals surface area contributed by atoms with Gasteiger partial charge in [-0.3, -0.25) is 10.1 Å². The molecule has 1 aromatic carbocycles. The summed E-state index contributed by atoms with van der Waals surface area (Å²) in [7, 11) is 0. The summed E-state index contributed by atoms with van der Waals surface area (Å²) in [6.45, 7) is 1.73. The maximum Gasteiger partial charge on any atom is 0.272 e. The molecule has 0 spiro atoms. The summed E-state index contributed by atoms with van der Waals surface area (Å²) in [5.74, 6) is 3.09. The average Bonchev–Trinajstić information content (AvgIpc) is 2.88. The number of thioether (sulfide) groups is 1. The fraction of sp³-hybridized carbons (Fsp3) is 0.500. The van der Waals surface area contributed by atoms with Crippen LogP contribution in [0.15, 0.2) is 18.2 Å². The summed E-state index contributed by atoms with van der Waals surface area (Å²) in [5.41, 5.74) is 0.311. The number of halogens is 1. The quantitative estimate of drug-likeness (QED) is 0.611. The smallest absolute Gasteiger partial charge is 0.272 e. The monoisotopic (exact) mass is 268 g/mol. The van der Waals surface area contributed by atoms with E-state index in [1.165, 1.54) is 12.1 Å². The van der Waals surface area contributed by atoms with Crippen molar-refractivity contribution in [1.29, 1.82) is 0 Å². The number of nitro groups is 1. The van der Waals surface area contributed by atoms with E-state index >= 15 is 0 Å². The Bertz CT molecular complexity index is 485. The largest absolute Gasteiger partial charge is 0.369 e. The molecule has 3 rings (SSSR count). The predicted molar refractivity (Wildman–Crippen MR) is 69.6 cm³/mol. The Balaban J connectivity index is 1.83. The minimum Gasteiger partial charge on any atom is -0.369 e. The number of hydrogen-bond donors (Lipinski definition) is 0. The van der Waals surface area contributed by atoms with E-state index in [4.69, 9.17) is 0 Å². The van der Waals surface area contributed by atoms with Crippen LogP contribution in [0.4, 0.5) is 15.8 Å². The van der Waals surface area contributed by atoms with Gasteiger partial charge in [-0.2, -0.15) is 11.8 Å². The molecule has 0 bridgehead atoms. The highest BCUT2D eigenvalue weighted by molar-refractivity contribution is 7.99. The van der Waals surface area contributed by atoms with Crippen molar-refractivity contribution in [2.24, 2.45) is 11.8 Å². The van der Waals surface area contributed by atoms with Crippen LogP contribution >= 0.6 is 11.8 Å². The number of nitro benzene ring substituents is 1. The van der Waals surface area contributed by atoms with Crippen LogP contribution < -0.4 is 4.90 Å². The van der Waals surface area contributed by atoms with E-state index in [0.29, 0.717) is 17.5 Å². The van der Waals surface area contributed by atoms with Gasteiger partial charge in [0.2, 0.25) is 0 Å². The summed E-state index contributed by atoms with van der Waals surface area (Å²) in [5, 5.41) is 10.6. The summed E-state index contributed by atoms with van der Waals surface area (Å²) in [4.78, 5) is 12.0. The number of rotatable bonds is 2. The predicted octanol–water partition coefficient (Wildman–Crippen LogP) is 2.53. The van der Waals surface area contributed by atoms with Crippen LogP contribution in [0, 0.1) is 27.8 Å². The van der Waals surface area contributed by atoms with Crippen LogP contribution in [0.25, 0.3) is 0 Å². The molecule has 4 nitrogen and oxygen atoms in total. The van der Waals surface area contributed by atoms with Crippen molar-refractivity contribution in [3.63, 3.8) is 0 Å². The van der Waals surface area contributed by atoms with Crippen molar-refractivity contribution < 1.29 is 9.31 Å². The lowest BCUT2D eigenvalue weighted by Gasteiger charge is -2.19. The first kappa shape index (κ1) is 11.8. The molecule has 0 aliphatic carbocycles. The van der Waals surface area contributed by atoms with Crippen LogP contribution in [0.2, 0.25) is 0 Å². The van der Waals surface area contributed by atoms with E-state index in [1.807, 2.05) is 16.7 Å². The van der Waals surface area contributed by atoms with Crippen LogP contribution in [-0.4, -0.2) is 29.5 Å². The second-order valence-electron chi connectivity index (χ2n) is 4.86. The van der Waals surface area contributed by atoms with Crippen molar-refractivity contribution in [2.75, 3.05) is 29.5 Å². The average molecular weight is 268 g/mol. The van der Waals surface area contributed by atoms with Crippen LogP contribution in [-0.2, 0) is 0 Å². The van der Waals surface area contributed by atoms with Gasteiger partial charge in [-0.25, -0.2) is 4.39 Å². The summed E-state index contributed by atoms with van der Waals surface area (Å²) < 4.78 is 13.9. The molecule has 6 heteroatoms. The SMILES string of the molecule is O=[N+]([O-])c1ccc(N2CC3CSCC3C2)c(F)c1. The molecule has 0 amide bonds. The Labute approximate surface area is 108 Å². The third kappa shape index (κ3) is 1.94. The lowest BCUT2D eigenvalue weighted by Crippen LogP contribution is -2.22. The van der Waals surface area contributed by atoms with E-state index in [9.17, 15) is 14.5 Å². The highest BCUT2D eigenvalue weighted by Crippen LogP contribution is 2.38. The van der Waals surface area contributed by atoms with Gasteiger partial charge in [-0.05, 0) is 29.4 Å². The minimum atomic E-state index is -0.567. The van der Waals surface area contributed by atoms with E-state index in [0.717, 1.165) is 30.7 Å². The van der Waals surface area contributed by atoms with Gasteiger partial charge in [0, 0.05) is 19.2 Å². The number of non-ortho nitro benzene ring substituents is 1. The molecule has 2 atom stereocenters. The maximum atomic E-state index is 13.9. The molecular formula is C12H13FN2O2S. The van der Waals surface area contributed by atoms with Gasteiger partial charge < -0.3 is 4.90 Å². The molecule has 2 saturated heterocycles. The fourth-order valence-electron chi connectivity index (χ4n) is 2.75. The molecule has 18 heavy (non-hydrogen) atoms. The van der Waals surface area contributed by atoms with E-state index in [2.05, 4.69) is 0 Å². The molecule has 2 unspecified atom stereocenters. The molecule has 0 aromatic heterocycles. The highest BCUT2D eigenvalue weighted by atomic mass is 32.2. The van der Waals surface area contributed by atoms with E-state index in [1.54, 1.807) is 0 Å². The minimum absolute atomic E-state index is 0.189. The van der Waals surface area contributed by atoms with Crippen molar-refractivity contribution >= 4 is 23.1 Å². The zero-order valence-corrected chi connectivity index (χ0v) is 10.5. The molecule has 2 aliphatic rings. The van der Waals surface area contributed by atoms with Gasteiger partial charge >= 0.3 is 0 Å². The molecule has 0 N–H and O–H groups in total. The molecule has 2 heterocycles. The third-order valence-electron chi connectivity index (χ3n) is 3.72. The van der Waals surface area contributed by atoms with Crippen molar-refractivity contribution in [3.8, 4) is 0 Å². The normalized spacial score (nSPS) is 26.4. The first-order valence-corrected chi connectivity index (χ1v) is 7.07. The molecular weight excluding hydrogens is 255 g/mol. The standard InChI is InChI=1S/C12H13FN2O2S/c13-11-3-10(15(16)17)1-2-12(11)14-4-8-6-18-7-9(8)5-14/h1-3,8-9H,4-7H2. The number of hydrogen-bond acceptors (Lipinski definition) is 4. The second-order valence-corrected chi connectivity index (χ2v) is 5.93. The number of benzene rings is 1. The number of anilines is 1. The summed E-state index contributed by atoms with van der Waals surface area (Å²) >= 11 is 1.96. The van der Waals surface area contributed by atoms with Gasteiger partial charge in [0.1, 0.15) is 0 Å². The van der Waals surface area contributed by atoms with E-state index < -0.39 is 10.7 Å². The summed E-state index contributed by atoms with van der Waals surface area (Å²) in [6.07, 6.45) is 0. The van der Waals surface area contributed by atoms with Crippen molar-refractivity contribution in [1.82, 2.24) is 0 Å². The van der Waals surface area contributed by atoms with Crippen molar-refractivity contribution in [2.45, 2.75) is 0 Å². The molecule has 0 saturated carbocycles. The lowest BCUT2D eigenvalue weighted by molar-refractivity contribution is -0.385. The Morgan fingerprint density at radius 3 is 2.56 bits per heavy atom. The number of fused-ring (bicyclic) bond motifs is 1. The Morgan fingerprint density at radius 1 is 1.33 bits per heavy atom. The van der Waals surface area contributed by atoms with Crippen molar-refractivity contribution in [3.05, 3.63) is 34.1 Å². The zero-order valence-electron chi connectivity index (χ0n) is 9.71. The molecule has 0 radical (unpaired) electrons. The zero-order chi connectivity index (χ0) is 12.7. The fourth-order valence-corrected chi connectivity index (χ4v) is 4.25. The van der Waals surface area contributed by atoms with Gasteiger partial charge in [0.25, 0.3) is 5.69 Å². The first-order chi connectivity index (χ1) is 8.65. The van der Waals surface area contributed by atoms with Crippen LogP contribution in [0.3, 0.4) is 0 Å². The molecule has 96 valence electrons. The summed E-state index contributed by atoms with van der Waals surface area (Å²) in [6, 6.07) is 3.92. The second kappa shape index (κ2) is 4.42. The maximum absolute atomic E-state index is 13.9. The first-order valence-electron chi connectivity index (χ1n) is 5.92. The number of nitrogens with zero attached hydrogens (tertiary/aromatic N) is 2. The van der Waals surface area contributed by atoms with E-state index in [-0.39, 0.29) is 5.69 Å². The Morgan fingerprint density at radius 2 is 2.00 bits per heavy atom. The molecule has 1 aromatic rings. The van der Waals surface area contributed by atoms with Crippen LogP contribution in [0.5, 0.6) is 0 Å². The van der Waals surface area contributed by atoms with Gasteiger partial charge in [0.05, 0.1) is 16.7 Å². The molecule has 2 aliphatic heterocycles. The van der Waals surface area contributed by atoms with Gasteiger partial charge in [0.15, 0.2) is 5.82 Å². The topological polar surface area (TPSA) is 46.4 Å². The van der Waals surface area contributed by atoms with Gasteiger partial charge in [-0.1, -0.05) is 0 Å². The molecule has 2 fully saturated rings. The highest BCUT2D eigenvalue weighted by Gasteiger charge is 2.37. The Kier molecular flexibility index (Phi) is 2.89. The third-order valence-corrected chi connectivity index (χ3v) is 5.05. The lowest BCUT2D eigenvalue weighted by atomic mass is 10.0. The van der Waals surface area contributed by atoms with Crippen LogP contribution in [0.1, 0.15) is 0 Å².